The molecule has 0 saturated heterocycles. The van der Waals surface area contributed by atoms with Crippen LogP contribution in [0, 0.1) is 5.92 Å². The third kappa shape index (κ3) is 5.23. The van der Waals surface area contributed by atoms with Gasteiger partial charge in [0.1, 0.15) is 0 Å². The van der Waals surface area contributed by atoms with Crippen molar-refractivity contribution in [2.75, 3.05) is 6.61 Å². The molecule has 1 amide bonds. The number of hydrogen-bond donors (Lipinski definition) is 2. The Labute approximate surface area is 123 Å². The monoisotopic (exact) mass is 301 g/mol. The summed E-state index contributed by atoms with van der Waals surface area (Å²) in [7, 11) is 0. The molecule has 1 aromatic carbocycles. The van der Waals surface area contributed by atoms with Gasteiger partial charge in [0.2, 0.25) is 5.91 Å². The number of rotatable bonds is 5. The summed E-state index contributed by atoms with van der Waals surface area (Å²) in [6.07, 6.45) is 3.04. The van der Waals surface area contributed by atoms with Gasteiger partial charge in [-0.25, -0.2) is 0 Å². The predicted molar refractivity (Wildman–Crippen MR) is 79.4 cm³/mol. The summed E-state index contributed by atoms with van der Waals surface area (Å²) in [5.41, 5.74) is 0.726. The SMILES string of the molecule is CC(CO)C(C)NC(=O)/C=C/c1ccc(Cl)cc1Cl. The number of hydrogen-bond acceptors (Lipinski definition) is 2. The van der Waals surface area contributed by atoms with Crippen LogP contribution in [0.25, 0.3) is 6.08 Å². The molecule has 0 aliphatic heterocycles. The van der Waals surface area contributed by atoms with E-state index < -0.39 is 0 Å². The maximum atomic E-state index is 11.7. The van der Waals surface area contributed by atoms with Gasteiger partial charge in [0, 0.05) is 28.8 Å². The van der Waals surface area contributed by atoms with E-state index in [1.165, 1.54) is 6.08 Å². The van der Waals surface area contributed by atoms with Crippen molar-refractivity contribution in [3.63, 3.8) is 0 Å². The van der Waals surface area contributed by atoms with E-state index in [-0.39, 0.29) is 24.5 Å². The third-order valence-electron chi connectivity index (χ3n) is 2.89. The van der Waals surface area contributed by atoms with Crippen molar-refractivity contribution >= 4 is 35.2 Å². The molecule has 2 atom stereocenters. The van der Waals surface area contributed by atoms with E-state index in [1.807, 2.05) is 13.8 Å². The number of carbonyl (C=O) groups is 1. The van der Waals surface area contributed by atoms with E-state index in [2.05, 4.69) is 5.32 Å². The topological polar surface area (TPSA) is 49.3 Å². The number of halogens is 2. The van der Waals surface area contributed by atoms with Gasteiger partial charge in [0.15, 0.2) is 0 Å². The maximum absolute atomic E-state index is 11.7. The lowest BCUT2D eigenvalue weighted by Gasteiger charge is -2.18. The minimum absolute atomic E-state index is 0.0106. The first-order chi connectivity index (χ1) is 8.93. The molecule has 0 heterocycles. The van der Waals surface area contributed by atoms with Crippen LogP contribution in [0.2, 0.25) is 10.0 Å². The van der Waals surface area contributed by atoms with Crippen LogP contribution in [0.3, 0.4) is 0 Å². The van der Waals surface area contributed by atoms with Crippen LogP contribution in [-0.4, -0.2) is 23.7 Å². The Balaban J connectivity index is 2.63. The van der Waals surface area contributed by atoms with Crippen LogP contribution in [0.5, 0.6) is 0 Å². The van der Waals surface area contributed by atoms with Crippen LogP contribution in [-0.2, 0) is 4.79 Å². The molecule has 3 nitrogen and oxygen atoms in total. The van der Waals surface area contributed by atoms with Crippen molar-refractivity contribution in [2.24, 2.45) is 5.92 Å². The Kier molecular flexibility index (Phi) is 6.35. The van der Waals surface area contributed by atoms with Crippen LogP contribution in [0.1, 0.15) is 19.4 Å². The zero-order chi connectivity index (χ0) is 14.4. The fourth-order valence-corrected chi connectivity index (χ4v) is 1.85. The average molecular weight is 302 g/mol. The van der Waals surface area contributed by atoms with Crippen LogP contribution >= 0.6 is 23.2 Å². The first-order valence-corrected chi connectivity index (χ1v) is 6.74. The van der Waals surface area contributed by atoms with Crippen molar-refractivity contribution in [1.29, 1.82) is 0 Å². The summed E-state index contributed by atoms with van der Waals surface area (Å²) in [6.45, 7) is 3.75. The number of benzene rings is 1. The third-order valence-corrected chi connectivity index (χ3v) is 3.45. The molecule has 1 aromatic rings. The highest BCUT2D eigenvalue weighted by Gasteiger charge is 2.12. The molecule has 2 N–H and O–H groups in total. The lowest BCUT2D eigenvalue weighted by molar-refractivity contribution is -0.117. The van der Waals surface area contributed by atoms with Gasteiger partial charge >= 0.3 is 0 Å². The molecule has 0 aliphatic rings. The summed E-state index contributed by atoms with van der Waals surface area (Å²) in [6, 6.07) is 4.98. The normalized spacial score (nSPS) is 14.4. The van der Waals surface area contributed by atoms with Gasteiger partial charge in [-0.05, 0) is 36.6 Å². The van der Waals surface area contributed by atoms with E-state index >= 15 is 0 Å². The molecule has 0 bridgehead atoms. The second kappa shape index (κ2) is 7.53. The predicted octanol–water partition coefficient (Wildman–Crippen LogP) is 3.14. The Bertz CT molecular complexity index is 475. The number of nitrogens with one attached hydrogen (secondary N) is 1. The molecule has 0 saturated carbocycles. The summed E-state index contributed by atoms with van der Waals surface area (Å²) >= 11 is 11.8. The lowest BCUT2D eigenvalue weighted by atomic mass is 10.1. The van der Waals surface area contributed by atoms with Crippen LogP contribution in [0.15, 0.2) is 24.3 Å². The van der Waals surface area contributed by atoms with Gasteiger partial charge in [0.05, 0.1) is 0 Å². The van der Waals surface area contributed by atoms with Crippen molar-refractivity contribution < 1.29 is 9.90 Å². The Morgan fingerprint density at radius 3 is 2.68 bits per heavy atom. The van der Waals surface area contributed by atoms with Gasteiger partial charge < -0.3 is 10.4 Å². The number of aliphatic hydroxyl groups is 1. The smallest absolute Gasteiger partial charge is 0.244 e. The molecule has 0 fully saturated rings. The Morgan fingerprint density at radius 2 is 2.11 bits per heavy atom. The van der Waals surface area contributed by atoms with E-state index in [4.69, 9.17) is 28.3 Å². The van der Waals surface area contributed by atoms with E-state index in [9.17, 15) is 4.79 Å². The molecule has 0 aliphatic carbocycles. The summed E-state index contributed by atoms with van der Waals surface area (Å²) < 4.78 is 0. The molecule has 19 heavy (non-hydrogen) atoms. The van der Waals surface area contributed by atoms with Gasteiger partial charge in [-0.3, -0.25) is 4.79 Å². The zero-order valence-electron chi connectivity index (χ0n) is 10.9. The van der Waals surface area contributed by atoms with Crippen molar-refractivity contribution in [1.82, 2.24) is 5.32 Å². The Morgan fingerprint density at radius 1 is 1.42 bits per heavy atom. The molecular weight excluding hydrogens is 285 g/mol. The molecule has 0 aromatic heterocycles. The molecule has 0 spiro atoms. The highest BCUT2D eigenvalue weighted by atomic mass is 35.5. The number of carbonyl (C=O) groups excluding carboxylic acids is 1. The fraction of sp³-hybridized carbons (Fsp3) is 0.357. The molecule has 5 heteroatoms. The molecular formula is C14H17Cl2NO2. The molecule has 1 rings (SSSR count). The molecule has 104 valence electrons. The van der Waals surface area contributed by atoms with E-state index in [1.54, 1.807) is 24.3 Å². The fourth-order valence-electron chi connectivity index (χ4n) is 1.38. The minimum Gasteiger partial charge on any atom is -0.396 e. The van der Waals surface area contributed by atoms with Gasteiger partial charge in [-0.1, -0.05) is 36.2 Å². The summed E-state index contributed by atoms with van der Waals surface area (Å²) in [5.74, 6) is -0.213. The molecule has 0 radical (unpaired) electrons. The summed E-state index contributed by atoms with van der Waals surface area (Å²) in [5, 5.41) is 12.8. The second-order valence-corrected chi connectivity index (χ2v) is 5.30. The van der Waals surface area contributed by atoms with Crippen molar-refractivity contribution in [3.05, 3.63) is 39.9 Å². The quantitative estimate of drug-likeness (QED) is 0.821. The van der Waals surface area contributed by atoms with E-state index in [0.717, 1.165) is 5.56 Å². The second-order valence-electron chi connectivity index (χ2n) is 4.46. The minimum atomic E-state index is -0.223. The van der Waals surface area contributed by atoms with Crippen LogP contribution < -0.4 is 5.32 Å². The maximum Gasteiger partial charge on any atom is 0.244 e. The average Bonchev–Trinajstić information content (AvgIpc) is 2.36. The molecule has 2 unspecified atom stereocenters. The van der Waals surface area contributed by atoms with Crippen molar-refractivity contribution in [2.45, 2.75) is 19.9 Å². The van der Waals surface area contributed by atoms with Gasteiger partial charge in [0.25, 0.3) is 0 Å². The number of amides is 1. The van der Waals surface area contributed by atoms with Gasteiger partial charge in [-0.2, -0.15) is 0 Å². The van der Waals surface area contributed by atoms with E-state index in [0.29, 0.717) is 10.0 Å². The highest BCUT2D eigenvalue weighted by Crippen LogP contribution is 2.21. The highest BCUT2D eigenvalue weighted by molar-refractivity contribution is 6.35. The summed E-state index contributed by atoms with van der Waals surface area (Å²) in [4.78, 5) is 11.7. The number of aliphatic hydroxyl groups excluding tert-OH is 1. The Hall–Kier alpha value is -1.03. The zero-order valence-corrected chi connectivity index (χ0v) is 12.4. The van der Waals surface area contributed by atoms with Gasteiger partial charge in [-0.15, -0.1) is 0 Å². The largest absolute Gasteiger partial charge is 0.396 e. The first-order valence-electron chi connectivity index (χ1n) is 5.98. The first kappa shape index (κ1) is 16.0. The lowest BCUT2D eigenvalue weighted by Crippen LogP contribution is -2.37. The van der Waals surface area contributed by atoms with Crippen molar-refractivity contribution in [3.8, 4) is 0 Å². The van der Waals surface area contributed by atoms with Crippen LogP contribution in [0.4, 0.5) is 0 Å². The standard InChI is InChI=1S/C14H17Cl2NO2/c1-9(8-18)10(2)17-14(19)6-4-11-3-5-12(15)7-13(11)16/h3-7,9-10,18H,8H2,1-2H3,(H,17,19)/b6-4+.